The van der Waals surface area contributed by atoms with E-state index in [1.165, 1.54) is 11.8 Å². The van der Waals surface area contributed by atoms with Gasteiger partial charge in [0.15, 0.2) is 0 Å². The van der Waals surface area contributed by atoms with Gasteiger partial charge in [0.25, 0.3) is 5.22 Å². The number of hydrogen-bond acceptors (Lipinski definition) is 5. The molecule has 1 aliphatic rings. The lowest BCUT2D eigenvalue weighted by Crippen LogP contribution is -2.16. The van der Waals surface area contributed by atoms with E-state index in [1.54, 1.807) is 6.26 Å². The van der Waals surface area contributed by atoms with Crippen LogP contribution in [0.15, 0.2) is 15.9 Å². The smallest absolute Gasteiger partial charge is 0.256 e. The zero-order valence-electron chi connectivity index (χ0n) is 8.56. The monoisotopic (exact) mass is 227 g/mol. The lowest BCUT2D eigenvalue weighted by Gasteiger charge is -2.03. The van der Waals surface area contributed by atoms with Crippen molar-refractivity contribution in [1.82, 2.24) is 4.98 Å². The van der Waals surface area contributed by atoms with Gasteiger partial charge in [-0.25, -0.2) is 4.98 Å². The molecule has 1 aliphatic heterocycles. The van der Waals surface area contributed by atoms with Crippen molar-refractivity contribution in [2.75, 3.05) is 19.0 Å². The van der Waals surface area contributed by atoms with Gasteiger partial charge >= 0.3 is 0 Å². The minimum atomic E-state index is 0.0774. The van der Waals surface area contributed by atoms with Gasteiger partial charge in [0.2, 0.25) is 0 Å². The maximum Gasteiger partial charge on any atom is 0.256 e. The highest BCUT2D eigenvalue weighted by Gasteiger charge is 2.23. The van der Waals surface area contributed by atoms with E-state index in [4.69, 9.17) is 9.15 Å². The number of ether oxygens (including phenoxy) is 1. The van der Waals surface area contributed by atoms with Crippen molar-refractivity contribution >= 4 is 17.5 Å². The van der Waals surface area contributed by atoms with E-state index in [-0.39, 0.29) is 11.7 Å². The van der Waals surface area contributed by atoms with Gasteiger partial charge in [-0.15, -0.1) is 0 Å². The summed E-state index contributed by atoms with van der Waals surface area (Å²) < 4.78 is 10.3. The maximum atomic E-state index is 11.7. The zero-order chi connectivity index (χ0) is 10.7. The molecular formula is C10H13NO3S. The number of hydrogen-bond donors (Lipinski definition) is 0. The Morgan fingerprint density at radius 1 is 1.73 bits per heavy atom. The van der Waals surface area contributed by atoms with E-state index >= 15 is 0 Å². The number of carbonyl (C=O) groups excluding carboxylic acids is 1. The maximum absolute atomic E-state index is 11.7. The Morgan fingerprint density at radius 3 is 3.20 bits per heavy atom. The van der Waals surface area contributed by atoms with Crippen LogP contribution in [0, 0.1) is 12.8 Å². The lowest BCUT2D eigenvalue weighted by atomic mass is 10.1. The third-order valence-corrected chi connectivity index (χ3v) is 3.18. The fourth-order valence-electron chi connectivity index (χ4n) is 1.44. The number of Topliss-reactive ketones (excluding diaryl/α,β-unsaturated/α-hetero) is 1. The normalized spacial score (nSPS) is 20.7. The third kappa shape index (κ3) is 2.82. The van der Waals surface area contributed by atoms with Crippen LogP contribution in [0.3, 0.4) is 0 Å². The highest BCUT2D eigenvalue weighted by atomic mass is 32.2. The number of aryl methyl sites for hydroxylation is 1. The average molecular weight is 227 g/mol. The average Bonchev–Trinajstić information content (AvgIpc) is 2.84. The second-order valence-electron chi connectivity index (χ2n) is 3.57. The number of rotatable bonds is 4. The molecule has 1 saturated heterocycles. The van der Waals surface area contributed by atoms with Crippen LogP contribution in [0.5, 0.6) is 0 Å². The number of oxazole rings is 1. The molecule has 0 aliphatic carbocycles. The van der Waals surface area contributed by atoms with Gasteiger partial charge < -0.3 is 9.15 Å². The quantitative estimate of drug-likeness (QED) is 0.732. The minimum absolute atomic E-state index is 0.0774. The Kier molecular flexibility index (Phi) is 3.43. The summed E-state index contributed by atoms with van der Waals surface area (Å²) in [7, 11) is 0. The van der Waals surface area contributed by atoms with Gasteiger partial charge in [-0.1, -0.05) is 11.8 Å². The van der Waals surface area contributed by atoms with E-state index in [0.29, 0.717) is 24.2 Å². The molecule has 2 heterocycles. The van der Waals surface area contributed by atoms with Crippen LogP contribution in [-0.4, -0.2) is 29.7 Å². The summed E-state index contributed by atoms with van der Waals surface area (Å²) in [5, 5.41) is 0.569. The lowest BCUT2D eigenvalue weighted by molar-refractivity contribution is -0.120. The molecule has 1 aromatic heterocycles. The number of ketones is 1. The number of aromatic nitrogens is 1. The first kappa shape index (κ1) is 10.7. The molecule has 82 valence electrons. The van der Waals surface area contributed by atoms with Crippen molar-refractivity contribution < 1.29 is 13.9 Å². The summed E-state index contributed by atoms with van der Waals surface area (Å²) in [6.45, 7) is 3.14. The van der Waals surface area contributed by atoms with Crippen molar-refractivity contribution in [2.45, 2.75) is 18.6 Å². The summed E-state index contributed by atoms with van der Waals surface area (Å²) in [6.07, 6.45) is 2.44. The Hall–Kier alpha value is -0.810. The molecule has 0 amide bonds. The topological polar surface area (TPSA) is 52.3 Å². The predicted octanol–water partition coefficient (Wildman–Crippen LogP) is 1.68. The van der Waals surface area contributed by atoms with E-state index in [1.807, 2.05) is 6.92 Å². The van der Waals surface area contributed by atoms with E-state index < -0.39 is 0 Å². The summed E-state index contributed by atoms with van der Waals surface area (Å²) >= 11 is 1.35. The molecule has 0 bridgehead atoms. The van der Waals surface area contributed by atoms with Crippen molar-refractivity contribution in [1.29, 1.82) is 0 Å². The zero-order valence-corrected chi connectivity index (χ0v) is 9.38. The van der Waals surface area contributed by atoms with Gasteiger partial charge in [0.05, 0.1) is 18.1 Å². The molecule has 2 rings (SSSR count). The first-order valence-corrected chi connectivity index (χ1v) is 5.89. The van der Waals surface area contributed by atoms with Gasteiger partial charge in [-0.3, -0.25) is 4.79 Å². The van der Waals surface area contributed by atoms with Crippen molar-refractivity contribution in [3.8, 4) is 0 Å². The molecule has 15 heavy (non-hydrogen) atoms. The van der Waals surface area contributed by atoms with Crippen LogP contribution < -0.4 is 0 Å². The predicted molar refractivity (Wildman–Crippen MR) is 55.9 cm³/mol. The van der Waals surface area contributed by atoms with E-state index in [2.05, 4.69) is 4.98 Å². The Morgan fingerprint density at radius 2 is 2.60 bits per heavy atom. The number of thioether (sulfide) groups is 1. The number of carbonyl (C=O) groups is 1. The minimum Gasteiger partial charge on any atom is -0.440 e. The largest absolute Gasteiger partial charge is 0.440 e. The third-order valence-electron chi connectivity index (χ3n) is 2.32. The van der Waals surface area contributed by atoms with Gasteiger partial charge in [0, 0.05) is 12.5 Å². The first-order valence-electron chi connectivity index (χ1n) is 4.91. The molecule has 1 atom stereocenters. The number of nitrogens with zero attached hydrogens (tertiary/aromatic N) is 1. The van der Waals surface area contributed by atoms with E-state index in [9.17, 15) is 4.79 Å². The summed E-state index contributed by atoms with van der Waals surface area (Å²) in [4.78, 5) is 15.8. The Balaban J connectivity index is 1.80. The van der Waals surface area contributed by atoms with Crippen LogP contribution in [0.25, 0.3) is 0 Å². The van der Waals surface area contributed by atoms with Crippen LogP contribution >= 0.6 is 11.8 Å². The Labute approximate surface area is 92.4 Å². The van der Waals surface area contributed by atoms with E-state index in [0.717, 1.165) is 12.1 Å². The molecule has 0 aromatic carbocycles. The van der Waals surface area contributed by atoms with Crippen LogP contribution in [0.2, 0.25) is 0 Å². The first-order chi connectivity index (χ1) is 7.25. The van der Waals surface area contributed by atoms with Gasteiger partial charge in [-0.2, -0.15) is 0 Å². The molecule has 0 N–H and O–H groups in total. The van der Waals surface area contributed by atoms with Crippen LogP contribution in [0.1, 0.15) is 12.1 Å². The molecule has 0 radical (unpaired) electrons. The highest BCUT2D eigenvalue weighted by Crippen LogP contribution is 2.21. The summed E-state index contributed by atoms with van der Waals surface area (Å²) in [5.74, 6) is 0.732. The molecule has 1 fully saturated rings. The van der Waals surface area contributed by atoms with Crippen molar-refractivity contribution in [2.24, 2.45) is 5.92 Å². The second-order valence-corrected chi connectivity index (χ2v) is 4.50. The van der Waals surface area contributed by atoms with Gasteiger partial charge in [-0.05, 0) is 13.3 Å². The fourth-order valence-corrected chi connectivity index (χ4v) is 2.26. The fraction of sp³-hybridized carbons (Fsp3) is 0.600. The molecule has 4 nitrogen and oxygen atoms in total. The molecule has 0 saturated carbocycles. The summed E-state index contributed by atoms with van der Waals surface area (Å²) in [5.41, 5.74) is 0.842. The van der Waals surface area contributed by atoms with Crippen LogP contribution in [-0.2, 0) is 9.53 Å². The molecular weight excluding hydrogens is 214 g/mol. The standard InChI is InChI=1S/C10H13NO3S/c1-7-4-14-10(11-7)15-6-9(12)8-2-3-13-5-8/h4,8H,2-3,5-6H2,1H3. The van der Waals surface area contributed by atoms with Crippen molar-refractivity contribution in [3.63, 3.8) is 0 Å². The highest BCUT2D eigenvalue weighted by molar-refractivity contribution is 7.99. The molecule has 1 aromatic rings. The van der Waals surface area contributed by atoms with Crippen LogP contribution in [0.4, 0.5) is 0 Å². The molecule has 1 unspecified atom stereocenters. The SMILES string of the molecule is Cc1coc(SCC(=O)C2CCOC2)n1. The summed E-state index contributed by atoms with van der Waals surface area (Å²) in [6, 6.07) is 0. The van der Waals surface area contributed by atoms with Gasteiger partial charge in [0.1, 0.15) is 12.0 Å². The molecule has 0 spiro atoms. The van der Waals surface area contributed by atoms with Crippen molar-refractivity contribution in [3.05, 3.63) is 12.0 Å². The Bertz CT molecular complexity index is 344. The second kappa shape index (κ2) is 4.81. The molecule has 5 heteroatoms.